The molecule has 112 valence electrons. The predicted octanol–water partition coefficient (Wildman–Crippen LogP) is 2.45. The minimum absolute atomic E-state index is 0.299. The monoisotopic (exact) mass is 291 g/mol. The standard InChI is InChI=1S/C13H16F3NO3/c1-8-4-5-10(11(6-8)19-3)20-9(2)12(18)17-7-13(14,15)16/h4-6,9H,7H2,1-3H3,(H,17,18)/t9-/m1/s1. The van der Waals surface area contributed by atoms with E-state index in [1.165, 1.54) is 14.0 Å². The number of benzene rings is 1. The molecule has 1 aromatic carbocycles. The largest absolute Gasteiger partial charge is 0.493 e. The van der Waals surface area contributed by atoms with Crippen LogP contribution in [-0.4, -0.2) is 31.8 Å². The maximum Gasteiger partial charge on any atom is 0.405 e. The second kappa shape index (κ2) is 6.49. The minimum Gasteiger partial charge on any atom is -0.493 e. The van der Waals surface area contributed by atoms with Crippen LogP contribution in [0.15, 0.2) is 18.2 Å². The Morgan fingerprint density at radius 3 is 2.55 bits per heavy atom. The van der Waals surface area contributed by atoms with Crippen molar-refractivity contribution in [2.24, 2.45) is 0 Å². The number of hydrogen-bond donors (Lipinski definition) is 1. The van der Waals surface area contributed by atoms with Gasteiger partial charge in [0.25, 0.3) is 5.91 Å². The zero-order chi connectivity index (χ0) is 15.3. The van der Waals surface area contributed by atoms with Crippen molar-refractivity contribution in [1.29, 1.82) is 0 Å². The number of hydrogen-bond acceptors (Lipinski definition) is 3. The van der Waals surface area contributed by atoms with Crippen LogP contribution in [0.2, 0.25) is 0 Å². The summed E-state index contributed by atoms with van der Waals surface area (Å²) < 4.78 is 46.4. The first-order valence-corrected chi connectivity index (χ1v) is 5.88. The number of rotatable bonds is 5. The van der Waals surface area contributed by atoms with Crippen LogP contribution in [0.25, 0.3) is 0 Å². The first-order valence-electron chi connectivity index (χ1n) is 5.88. The first-order chi connectivity index (χ1) is 9.23. The molecule has 0 aliphatic carbocycles. The van der Waals surface area contributed by atoms with E-state index in [1.54, 1.807) is 23.5 Å². The van der Waals surface area contributed by atoms with Gasteiger partial charge in [0.2, 0.25) is 0 Å². The van der Waals surface area contributed by atoms with Gasteiger partial charge in [-0.25, -0.2) is 0 Å². The van der Waals surface area contributed by atoms with E-state index in [-0.39, 0.29) is 0 Å². The van der Waals surface area contributed by atoms with E-state index in [2.05, 4.69) is 0 Å². The maximum absolute atomic E-state index is 12.0. The van der Waals surface area contributed by atoms with Gasteiger partial charge in [0.05, 0.1) is 7.11 Å². The molecule has 0 saturated heterocycles. The topological polar surface area (TPSA) is 47.6 Å². The molecular weight excluding hydrogens is 275 g/mol. The van der Waals surface area contributed by atoms with Gasteiger partial charge in [-0.05, 0) is 31.5 Å². The van der Waals surface area contributed by atoms with Gasteiger partial charge in [-0.15, -0.1) is 0 Å². The second-order valence-electron chi connectivity index (χ2n) is 4.25. The summed E-state index contributed by atoms with van der Waals surface area (Å²) >= 11 is 0. The average molecular weight is 291 g/mol. The molecule has 4 nitrogen and oxygen atoms in total. The first kappa shape index (κ1) is 16.1. The summed E-state index contributed by atoms with van der Waals surface area (Å²) in [6, 6.07) is 5.05. The Hall–Kier alpha value is -1.92. The third-order valence-electron chi connectivity index (χ3n) is 2.46. The van der Waals surface area contributed by atoms with Gasteiger partial charge in [0, 0.05) is 0 Å². The summed E-state index contributed by atoms with van der Waals surface area (Å²) in [6.45, 7) is 1.83. The lowest BCUT2D eigenvalue weighted by molar-refractivity contribution is -0.142. The number of alkyl halides is 3. The summed E-state index contributed by atoms with van der Waals surface area (Å²) in [5.74, 6) is -0.127. The van der Waals surface area contributed by atoms with Crippen molar-refractivity contribution in [3.05, 3.63) is 23.8 Å². The Bertz CT molecular complexity index is 474. The van der Waals surface area contributed by atoms with Crippen LogP contribution >= 0.6 is 0 Å². The molecule has 0 aliphatic heterocycles. The Kier molecular flexibility index (Phi) is 5.24. The third-order valence-corrected chi connectivity index (χ3v) is 2.46. The van der Waals surface area contributed by atoms with Crippen LogP contribution in [0, 0.1) is 6.92 Å². The molecule has 0 bridgehead atoms. The van der Waals surface area contributed by atoms with Gasteiger partial charge in [-0.2, -0.15) is 13.2 Å². The SMILES string of the molecule is COc1cc(C)ccc1O[C@H](C)C(=O)NCC(F)(F)F. The molecule has 0 aliphatic rings. The Labute approximate surface area is 114 Å². The van der Waals surface area contributed by atoms with Crippen molar-refractivity contribution >= 4 is 5.91 Å². The lowest BCUT2D eigenvalue weighted by Crippen LogP contribution is -2.41. The minimum atomic E-state index is -4.45. The summed E-state index contributed by atoms with van der Waals surface area (Å²) in [6.07, 6.45) is -5.51. The normalized spacial score (nSPS) is 12.7. The van der Waals surface area contributed by atoms with Crippen LogP contribution in [0.5, 0.6) is 11.5 Å². The second-order valence-corrected chi connectivity index (χ2v) is 4.25. The van der Waals surface area contributed by atoms with E-state index < -0.39 is 24.7 Å². The molecule has 0 heterocycles. The molecule has 1 atom stereocenters. The number of nitrogens with one attached hydrogen (secondary N) is 1. The predicted molar refractivity (Wildman–Crippen MR) is 66.9 cm³/mol. The van der Waals surface area contributed by atoms with Crippen molar-refractivity contribution < 1.29 is 27.4 Å². The lowest BCUT2D eigenvalue weighted by atomic mass is 10.2. The van der Waals surface area contributed by atoms with Gasteiger partial charge in [-0.3, -0.25) is 4.79 Å². The number of carbonyl (C=O) groups excluding carboxylic acids is 1. The molecule has 1 amide bonds. The van der Waals surface area contributed by atoms with E-state index in [0.717, 1.165) is 5.56 Å². The van der Waals surface area contributed by atoms with Gasteiger partial charge in [0.15, 0.2) is 17.6 Å². The smallest absolute Gasteiger partial charge is 0.405 e. The van der Waals surface area contributed by atoms with Gasteiger partial charge in [0.1, 0.15) is 6.54 Å². The lowest BCUT2D eigenvalue weighted by Gasteiger charge is -2.17. The molecule has 0 spiro atoms. The summed E-state index contributed by atoms with van der Waals surface area (Å²) in [5, 5.41) is 1.76. The average Bonchev–Trinajstić information content (AvgIpc) is 2.36. The molecule has 1 N–H and O–H groups in total. The number of ether oxygens (including phenoxy) is 2. The van der Waals surface area contributed by atoms with Crippen molar-refractivity contribution in [1.82, 2.24) is 5.32 Å². The van der Waals surface area contributed by atoms with Crippen LogP contribution < -0.4 is 14.8 Å². The van der Waals surface area contributed by atoms with Gasteiger partial charge < -0.3 is 14.8 Å². The molecule has 20 heavy (non-hydrogen) atoms. The van der Waals surface area contributed by atoms with E-state index >= 15 is 0 Å². The maximum atomic E-state index is 12.0. The molecular formula is C13H16F3NO3. The van der Waals surface area contributed by atoms with Crippen molar-refractivity contribution in [2.75, 3.05) is 13.7 Å². The molecule has 0 unspecified atom stereocenters. The van der Waals surface area contributed by atoms with E-state index in [4.69, 9.17) is 9.47 Å². The highest BCUT2D eigenvalue weighted by Crippen LogP contribution is 2.28. The van der Waals surface area contributed by atoms with E-state index in [9.17, 15) is 18.0 Å². The third kappa shape index (κ3) is 4.99. The van der Waals surface area contributed by atoms with Gasteiger partial charge in [-0.1, -0.05) is 6.07 Å². The van der Waals surface area contributed by atoms with Crippen LogP contribution in [0.3, 0.4) is 0 Å². The van der Waals surface area contributed by atoms with Crippen LogP contribution in [0.1, 0.15) is 12.5 Å². The summed E-state index contributed by atoms with van der Waals surface area (Å²) in [4.78, 5) is 11.5. The fraction of sp³-hybridized carbons (Fsp3) is 0.462. The highest BCUT2D eigenvalue weighted by molar-refractivity contribution is 5.80. The Balaban J connectivity index is 2.66. The molecule has 1 aromatic rings. The number of aryl methyl sites for hydroxylation is 1. The van der Waals surface area contributed by atoms with E-state index in [1.807, 2.05) is 6.92 Å². The number of methoxy groups -OCH3 is 1. The van der Waals surface area contributed by atoms with Crippen molar-refractivity contribution in [2.45, 2.75) is 26.1 Å². The zero-order valence-corrected chi connectivity index (χ0v) is 11.4. The fourth-order valence-electron chi connectivity index (χ4n) is 1.45. The zero-order valence-electron chi connectivity index (χ0n) is 11.4. The van der Waals surface area contributed by atoms with Crippen molar-refractivity contribution in [3.63, 3.8) is 0 Å². The quantitative estimate of drug-likeness (QED) is 0.906. The fourth-order valence-corrected chi connectivity index (χ4v) is 1.45. The molecule has 1 rings (SSSR count). The molecule has 0 fully saturated rings. The van der Waals surface area contributed by atoms with Crippen LogP contribution in [0.4, 0.5) is 13.2 Å². The molecule has 7 heteroatoms. The van der Waals surface area contributed by atoms with Gasteiger partial charge >= 0.3 is 6.18 Å². The Morgan fingerprint density at radius 1 is 1.35 bits per heavy atom. The molecule has 0 radical (unpaired) electrons. The number of carbonyl (C=O) groups is 1. The highest BCUT2D eigenvalue weighted by atomic mass is 19.4. The summed E-state index contributed by atoms with van der Waals surface area (Å²) in [7, 11) is 1.44. The molecule has 0 saturated carbocycles. The van der Waals surface area contributed by atoms with Crippen molar-refractivity contribution in [3.8, 4) is 11.5 Å². The summed E-state index contributed by atoms with van der Waals surface area (Å²) in [5.41, 5.74) is 0.934. The number of halogens is 3. The Morgan fingerprint density at radius 2 is 2.00 bits per heavy atom. The number of amides is 1. The highest BCUT2D eigenvalue weighted by Gasteiger charge is 2.29. The van der Waals surface area contributed by atoms with E-state index in [0.29, 0.717) is 11.5 Å². The van der Waals surface area contributed by atoms with Crippen LogP contribution in [-0.2, 0) is 4.79 Å². The molecule has 0 aromatic heterocycles.